The number of hydrogen-bond donors (Lipinski definition) is 3. The second-order valence-electron chi connectivity index (χ2n) is 10.1. The van der Waals surface area contributed by atoms with E-state index in [2.05, 4.69) is 15.3 Å². The van der Waals surface area contributed by atoms with E-state index in [1.54, 1.807) is 12.3 Å². The second kappa shape index (κ2) is 11.2. The molecule has 2 amide bonds. The van der Waals surface area contributed by atoms with Crippen molar-refractivity contribution in [2.45, 2.75) is 6.54 Å². The highest BCUT2D eigenvalue weighted by molar-refractivity contribution is 7.20. The number of aromatic nitrogens is 5. The zero-order valence-electron chi connectivity index (χ0n) is 23.4. The lowest BCUT2D eigenvalue weighted by Crippen LogP contribution is -2.23. The fourth-order valence-corrected chi connectivity index (χ4v) is 5.98. The van der Waals surface area contributed by atoms with E-state index in [-0.39, 0.29) is 22.6 Å². The highest BCUT2D eigenvalue weighted by atomic mass is 32.1. The van der Waals surface area contributed by atoms with Gasteiger partial charge in [-0.2, -0.15) is 0 Å². The van der Waals surface area contributed by atoms with Crippen LogP contribution in [0.1, 0.15) is 25.7 Å². The first-order valence-corrected chi connectivity index (χ1v) is 14.6. The summed E-state index contributed by atoms with van der Waals surface area (Å²) < 4.78 is 16.6. The number of halogens is 1. The lowest BCUT2D eigenvalue weighted by Gasteiger charge is -2.12. The number of carbonyl (C=O) groups excluding carboxylic acids is 2. The van der Waals surface area contributed by atoms with Crippen molar-refractivity contribution in [3.05, 3.63) is 119 Å². The summed E-state index contributed by atoms with van der Waals surface area (Å²) in [5.41, 5.74) is 17.2. The molecule has 0 bridgehead atoms. The van der Waals surface area contributed by atoms with E-state index in [9.17, 15) is 14.0 Å². The van der Waals surface area contributed by atoms with Crippen LogP contribution in [0.2, 0.25) is 0 Å². The number of carbonyl (C=O) groups is 2. The van der Waals surface area contributed by atoms with Gasteiger partial charge in [-0.25, -0.2) is 24.3 Å². The molecule has 7 aromatic rings. The topological polar surface area (TPSA) is 155 Å². The van der Waals surface area contributed by atoms with Crippen LogP contribution in [0, 0.1) is 5.82 Å². The number of nitrogens with two attached hydrogens (primary N) is 2. The van der Waals surface area contributed by atoms with E-state index in [0.29, 0.717) is 33.1 Å². The van der Waals surface area contributed by atoms with Gasteiger partial charge in [0.2, 0.25) is 0 Å². The summed E-state index contributed by atoms with van der Waals surface area (Å²) in [6.07, 6.45) is 1.63. The van der Waals surface area contributed by atoms with Gasteiger partial charge in [-0.15, -0.1) is 11.3 Å². The lowest BCUT2D eigenvalue weighted by molar-refractivity contribution is 0.0951. The summed E-state index contributed by atoms with van der Waals surface area (Å²) in [5.74, 6) is -0.957. The molecule has 3 aromatic carbocycles. The summed E-state index contributed by atoms with van der Waals surface area (Å²) in [6.45, 7) is 0.169. The standard InChI is InChI=1S/C33H23FN8O2S/c34-20-15-23(27-26(16-20)41-33(45-27)29(36)43)32(44)38-17-18-8-10-21(11-9-18)42-30(22-7-4-14-37-28(22)35)40-25-13-12-24(39-31(25)42)19-5-2-1-3-6-19/h1-16H,17H2,(H2,35,37)(H2,36,43)(H,38,44). The molecule has 0 atom stereocenters. The molecular weight excluding hydrogens is 591 g/mol. The minimum atomic E-state index is -0.741. The van der Waals surface area contributed by atoms with Crippen molar-refractivity contribution in [3.63, 3.8) is 0 Å². The molecule has 0 unspecified atom stereocenters. The van der Waals surface area contributed by atoms with Gasteiger partial charge in [-0.1, -0.05) is 42.5 Å². The molecule has 0 aliphatic heterocycles. The number of imidazole rings is 1. The third-order valence-electron chi connectivity index (χ3n) is 7.21. The monoisotopic (exact) mass is 614 g/mol. The van der Waals surface area contributed by atoms with Crippen LogP contribution in [0.25, 0.3) is 49.7 Å². The number of anilines is 1. The van der Waals surface area contributed by atoms with E-state index in [1.807, 2.05) is 77.4 Å². The van der Waals surface area contributed by atoms with Crippen molar-refractivity contribution in [2.75, 3.05) is 5.73 Å². The lowest BCUT2D eigenvalue weighted by atomic mass is 10.1. The average Bonchev–Trinajstić information content (AvgIpc) is 3.66. The molecule has 4 aromatic heterocycles. The van der Waals surface area contributed by atoms with E-state index >= 15 is 0 Å². The van der Waals surface area contributed by atoms with E-state index < -0.39 is 17.6 Å². The Hall–Kier alpha value is -6.01. The molecule has 0 saturated carbocycles. The Kier molecular flexibility index (Phi) is 6.95. The number of pyridine rings is 2. The molecule has 0 radical (unpaired) electrons. The van der Waals surface area contributed by atoms with Gasteiger partial charge in [0.05, 0.1) is 27.0 Å². The first-order valence-electron chi connectivity index (χ1n) is 13.8. The number of nitrogens with one attached hydrogen (secondary N) is 1. The molecule has 5 N–H and O–H groups in total. The Bertz CT molecular complexity index is 2250. The first-order chi connectivity index (χ1) is 21.9. The highest BCUT2D eigenvalue weighted by Crippen LogP contribution is 2.32. The minimum Gasteiger partial charge on any atom is -0.383 e. The van der Waals surface area contributed by atoms with E-state index in [1.165, 1.54) is 6.07 Å². The van der Waals surface area contributed by atoms with Gasteiger partial charge < -0.3 is 16.8 Å². The fraction of sp³-hybridized carbons (Fsp3) is 0.0303. The number of nitrogens with zero attached hydrogens (tertiary/aromatic N) is 5. The zero-order chi connectivity index (χ0) is 31.1. The second-order valence-corrected chi connectivity index (χ2v) is 11.1. The van der Waals surface area contributed by atoms with Crippen molar-refractivity contribution in [1.82, 2.24) is 29.8 Å². The number of thiazole rings is 1. The van der Waals surface area contributed by atoms with Crippen LogP contribution in [-0.4, -0.2) is 36.3 Å². The summed E-state index contributed by atoms with van der Waals surface area (Å²) in [6, 6.07) is 27.2. The van der Waals surface area contributed by atoms with Crippen LogP contribution in [0.3, 0.4) is 0 Å². The molecule has 220 valence electrons. The van der Waals surface area contributed by atoms with Gasteiger partial charge in [-0.05, 0) is 48.0 Å². The minimum absolute atomic E-state index is 0.00468. The molecule has 10 nitrogen and oxygen atoms in total. The number of primary amides is 1. The predicted molar refractivity (Wildman–Crippen MR) is 171 cm³/mol. The normalized spacial score (nSPS) is 11.2. The summed E-state index contributed by atoms with van der Waals surface area (Å²) in [7, 11) is 0. The number of fused-ring (bicyclic) bond motifs is 2. The Morgan fingerprint density at radius 2 is 1.69 bits per heavy atom. The molecule has 45 heavy (non-hydrogen) atoms. The molecule has 4 heterocycles. The van der Waals surface area contributed by atoms with Gasteiger partial charge in [-0.3, -0.25) is 14.2 Å². The average molecular weight is 615 g/mol. The maximum Gasteiger partial charge on any atom is 0.277 e. The van der Waals surface area contributed by atoms with Crippen molar-refractivity contribution in [3.8, 4) is 28.3 Å². The van der Waals surface area contributed by atoms with E-state index in [0.717, 1.165) is 39.9 Å². The highest BCUT2D eigenvalue weighted by Gasteiger charge is 2.20. The van der Waals surface area contributed by atoms with Crippen molar-refractivity contribution in [2.24, 2.45) is 5.73 Å². The Morgan fingerprint density at radius 3 is 2.44 bits per heavy atom. The number of benzene rings is 3. The summed E-state index contributed by atoms with van der Waals surface area (Å²) in [4.78, 5) is 42.8. The zero-order valence-corrected chi connectivity index (χ0v) is 24.3. The maximum absolute atomic E-state index is 14.3. The Morgan fingerprint density at radius 1 is 0.889 bits per heavy atom. The Balaban J connectivity index is 1.22. The molecule has 0 aliphatic carbocycles. The largest absolute Gasteiger partial charge is 0.383 e. The summed E-state index contributed by atoms with van der Waals surface area (Å²) >= 11 is 0.951. The Labute approximate surface area is 259 Å². The summed E-state index contributed by atoms with van der Waals surface area (Å²) in [5, 5.41) is 2.83. The fourth-order valence-electron chi connectivity index (χ4n) is 5.07. The van der Waals surface area contributed by atoms with E-state index in [4.69, 9.17) is 21.4 Å². The van der Waals surface area contributed by atoms with Gasteiger partial charge >= 0.3 is 0 Å². The number of hydrogen-bond acceptors (Lipinski definition) is 8. The van der Waals surface area contributed by atoms with Crippen LogP contribution >= 0.6 is 11.3 Å². The molecule has 12 heteroatoms. The SMILES string of the molecule is NC(=O)c1nc2cc(F)cc(C(=O)NCc3ccc(-n4c(-c5cccnc5N)nc5ccc(-c6ccccc6)nc54)cc3)c2s1. The van der Waals surface area contributed by atoms with Crippen LogP contribution in [0.15, 0.2) is 97.2 Å². The van der Waals surface area contributed by atoms with Gasteiger partial charge in [0.1, 0.15) is 17.2 Å². The molecule has 7 rings (SSSR count). The maximum atomic E-state index is 14.3. The van der Waals surface area contributed by atoms with Crippen molar-refractivity contribution in [1.29, 1.82) is 0 Å². The van der Waals surface area contributed by atoms with Gasteiger partial charge in [0.15, 0.2) is 16.5 Å². The third-order valence-corrected chi connectivity index (χ3v) is 8.33. The first kappa shape index (κ1) is 27.8. The molecule has 0 saturated heterocycles. The number of rotatable bonds is 7. The van der Waals surface area contributed by atoms with Crippen LogP contribution in [-0.2, 0) is 6.54 Å². The van der Waals surface area contributed by atoms with Crippen LogP contribution in [0.4, 0.5) is 10.2 Å². The van der Waals surface area contributed by atoms with Crippen LogP contribution < -0.4 is 16.8 Å². The van der Waals surface area contributed by atoms with Gasteiger partial charge in [0, 0.05) is 30.1 Å². The quantitative estimate of drug-likeness (QED) is 0.214. The molecule has 0 spiro atoms. The molecule has 0 aliphatic rings. The predicted octanol–water partition coefficient (Wildman–Crippen LogP) is 5.51. The smallest absolute Gasteiger partial charge is 0.277 e. The number of nitrogen functional groups attached to an aromatic ring is 1. The van der Waals surface area contributed by atoms with Gasteiger partial charge in [0.25, 0.3) is 11.8 Å². The third kappa shape index (κ3) is 5.23. The molecule has 0 fully saturated rings. The molecular formula is C33H23FN8O2S. The van der Waals surface area contributed by atoms with Crippen molar-refractivity contribution < 1.29 is 14.0 Å². The van der Waals surface area contributed by atoms with Crippen LogP contribution in [0.5, 0.6) is 0 Å². The van der Waals surface area contributed by atoms with Crippen molar-refractivity contribution >= 4 is 50.3 Å². The number of amides is 2.